The number of halogens is 1. The molecule has 0 aliphatic rings. The number of hydrogen-bond acceptors (Lipinski definition) is 5. The average Bonchev–Trinajstić information content (AvgIpc) is 2.40. The van der Waals surface area contributed by atoms with Crippen LogP contribution >= 0.6 is 11.6 Å². The third-order valence-corrected chi connectivity index (χ3v) is 3.37. The Labute approximate surface area is 128 Å². The van der Waals surface area contributed by atoms with Crippen molar-refractivity contribution < 1.29 is 13.2 Å². The van der Waals surface area contributed by atoms with Gasteiger partial charge < -0.3 is 10.1 Å². The summed E-state index contributed by atoms with van der Waals surface area (Å²) in [6, 6.07) is 8.56. The van der Waals surface area contributed by atoms with Crippen molar-refractivity contribution in [3.05, 3.63) is 41.6 Å². The largest absolute Gasteiger partial charge is 0.495 e. The molecule has 112 valence electrons. The molecule has 6 nitrogen and oxygen atoms in total. The van der Waals surface area contributed by atoms with Gasteiger partial charge in [-0.25, -0.2) is 13.4 Å². The Bertz CT molecular complexity index is 733. The van der Waals surface area contributed by atoms with E-state index in [1.54, 1.807) is 31.4 Å². The lowest BCUT2D eigenvalue weighted by Gasteiger charge is -2.09. The minimum absolute atomic E-state index is 0.260. The van der Waals surface area contributed by atoms with Crippen LogP contribution in [0.4, 0.5) is 17.2 Å². The Morgan fingerprint density at radius 2 is 1.90 bits per heavy atom. The summed E-state index contributed by atoms with van der Waals surface area (Å²) in [6.07, 6.45) is 2.59. The van der Waals surface area contributed by atoms with Gasteiger partial charge in [0.15, 0.2) is 0 Å². The SMILES string of the molecule is COc1ccc(Nc2ccc(NS(C)(=O)=O)nc2)cc1Cl. The lowest BCUT2D eigenvalue weighted by atomic mass is 10.3. The van der Waals surface area contributed by atoms with Gasteiger partial charge in [0.25, 0.3) is 0 Å². The zero-order valence-electron chi connectivity index (χ0n) is 11.4. The summed E-state index contributed by atoms with van der Waals surface area (Å²) in [7, 11) is -1.78. The third-order valence-electron chi connectivity index (χ3n) is 2.49. The van der Waals surface area contributed by atoms with Gasteiger partial charge in [-0.05, 0) is 30.3 Å². The van der Waals surface area contributed by atoms with Crippen molar-refractivity contribution in [1.82, 2.24) is 4.98 Å². The van der Waals surface area contributed by atoms with Crippen molar-refractivity contribution in [3.63, 3.8) is 0 Å². The number of methoxy groups -OCH3 is 1. The standard InChI is InChI=1S/C13H14ClN3O3S/c1-20-12-5-3-9(7-11(12)14)16-10-4-6-13(15-8-10)17-21(2,18)19/h3-8,16H,1-2H3,(H,15,17). The molecule has 0 fully saturated rings. The molecule has 0 spiro atoms. The van der Waals surface area contributed by atoms with E-state index < -0.39 is 10.0 Å². The number of nitrogens with zero attached hydrogens (tertiary/aromatic N) is 1. The second-order valence-corrected chi connectivity index (χ2v) is 6.44. The number of hydrogen-bond donors (Lipinski definition) is 2. The van der Waals surface area contributed by atoms with Crippen LogP contribution in [0.15, 0.2) is 36.5 Å². The number of rotatable bonds is 5. The van der Waals surface area contributed by atoms with Crippen molar-refractivity contribution in [1.29, 1.82) is 0 Å². The Morgan fingerprint density at radius 3 is 2.43 bits per heavy atom. The molecule has 1 aromatic heterocycles. The van der Waals surface area contributed by atoms with Crippen molar-refractivity contribution in [2.24, 2.45) is 0 Å². The van der Waals surface area contributed by atoms with Gasteiger partial charge in [0.2, 0.25) is 10.0 Å². The topological polar surface area (TPSA) is 80.3 Å². The molecule has 21 heavy (non-hydrogen) atoms. The number of pyridine rings is 1. The maximum Gasteiger partial charge on any atom is 0.230 e. The Hall–Kier alpha value is -1.99. The first-order chi connectivity index (χ1) is 9.87. The van der Waals surface area contributed by atoms with Crippen LogP contribution in [0.1, 0.15) is 0 Å². The van der Waals surface area contributed by atoms with Gasteiger partial charge in [-0.1, -0.05) is 11.6 Å². The maximum atomic E-state index is 11.1. The van der Waals surface area contributed by atoms with E-state index in [0.29, 0.717) is 16.5 Å². The number of benzene rings is 1. The van der Waals surface area contributed by atoms with E-state index in [1.165, 1.54) is 6.20 Å². The van der Waals surface area contributed by atoms with Gasteiger partial charge in [0, 0.05) is 5.69 Å². The van der Waals surface area contributed by atoms with Crippen LogP contribution < -0.4 is 14.8 Å². The number of anilines is 3. The van der Waals surface area contributed by atoms with E-state index in [-0.39, 0.29) is 5.82 Å². The lowest BCUT2D eigenvalue weighted by Crippen LogP contribution is -2.10. The van der Waals surface area contributed by atoms with Crippen molar-refractivity contribution >= 4 is 38.8 Å². The molecule has 0 aliphatic carbocycles. The first kappa shape index (κ1) is 15.4. The Morgan fingerprint density at radius 1 is 1.19 bits per heavy atom. The van der Waals surface area contributed by atoms with E-state index in [9.17, 15) is 8.42 Å². The molecule has 0 bridgehead atoms. The molecule has 0 aliphatic heterocycles. The molecule has 0 atom stereocenters. The highest BCUT2D eigenvalue weighted by Crippen LogP contribution is 2.28. The van der Waals surface area contributed by atoms with Gasteiger partial charge in [-0.15, -0.1) is 0 Å². The fourth-order valence-electron chi connectivity index (χ4n) is 1.63. The van der Waals surface area contributed by atoms with E-state index in [2.05, 4.69) is 15.0 Å². The predicted molar refractivity (Wildman–Crippen MR) is 84.0 cm³/mol. The predicted octanol–water partition coefficient (Wildman–Crippen LogP) is 2.86. The molecule has 0 unspecified atom stereocenters. The minimum atomic E-state index is -3.33. The van der Waals surface area contributed by atoms with Crippen molar-refractivity contribution in [3.8, 4) is 5.75 Å². The first-order valence-corrected chi connectivity index (χ1v) is 8.19. The summed E-state index contributed by atoms with van der Waals surface area (Å²) >= 11 is 6.04. The molecule has 1 heterocycles. The van der Waals surface area contributed by atoms with Crippen LogP contribution in [-0.2, 0) is 10.0 Å². The lowest BCUT2D eigenvalue weighted by molar-refractivity contribution is 0.415. The molecule has 2 aromatic rings. The molecular formula is C13H14ClN3O3S. The molecule has 2 rings (SSSR count). The van der Waals surface area contributed by atoms with E-state index in [4.69, 9.17) is 16.3 Å². The summed E-state index contributed by atoms with van der Waals surface area (Å²) in [5.41, 5.74) is 1.47. The third kappa shape index (κ3) is 4.51. The Kier molecular flexibility index (Phi) is 4.54. The number of ether oxygens (including phenoxy) is 1. The minimum Gasteiger partial charge on any atom is -0.495 e. The van der Waals surface area contributed by atoms with Crippen LogP contribution in [0.25, 0.3) is 0 Å². The average molecular weight is 328 g/mol. The molecule has 1 aromatic carbocycles. The molecular weight excluding hydrogens is 314 g/mol. The van der Waals surface area contributed by atoms with Gasteiger partial charge >= 0.3 is 0 Å². The zero-order chi connectivity index (χ0) is 15.5. The van der Waals surface area contributed by atoms with Gasteiger partial charge in [0.1, 0.15) is 11.6 Å². The second-order valence-electron chi connectivity index (χ2n) is 4.28. The van der Waals surface area contributed by atoms with E-state index in [0.717, 1.165) is 11.9 Å². The highest BCUT2D eigenvalue weighted by Gasteiger charge is 2.04. The highest BCUT2D eigenvalue weighted by atomic mass is 35.5. The first-order valence-electron chi connectivity index (χ1n) is 5.92. The zero-order valence-corrected chi connectivity index (χ0v) is 13.0. The molecule has 0 saturated carbocycles. The fraction of sp³-hybridized carbons (Fsp3) is 0.154. The summed E-state index contributed by atoms with van der Waals surface area (Å²) in [4.78, 5) is 4.01. The molecule has 0 saturated heterocycles. The van der Waals surface area contributed by atoms with Crippen LogP contribution in [0.5, 0.6) is 5.75 Å². The molecule has 0 radical (unpaired) electrons. The summed E-state index contributed by atoms with van der Waals surface area (Å²) in [5.74, 6) is 0.851. The van der Waals surface area contributed by atoms with Crippen LogP contribution in [0, 0.1) is 0 Å². The fourth-order valence-corrected chi connectivity index (χ4v) is 2.39. The summed E-state index contributed by atoms with van der Waals surface area (Å²) in [5, 5.41) is 3.60. The van der Waals surface area contributed by atoms with Crippen LogP contribution in [-0.4, -0.2) is 26.8 Å². The molecule has 2 N–H and O–H groups in total. The number of aromatic nitrogens is 1. The monoisotopic (exact) mass is 327 g/mol. The van der Waals surface area contributed by atoms with Gasteiger partial charge in [0.05, 0.1) is 30.3 Å². The van der Waals surface area contributed by atoms with Crippen molar-refractivity contribution in [2.45, 2.75) is 0 Å². The van der Waals surface area contributed by atoms with Crippen LogP contribution in [0.2, 0.25) is 5.02 Å². The highest BCUT2D eigenvalue weighted by molar-refractivity contribution is 7.92. The number of sulfonamides is 1. The smallest absolute Gasteiger partial charge is 0.230 e. The van der Waals surface area contributed by atoms with Crippen LogP contribution in [0.3, 0.4) is 0 Å². The number of nitrogens with one attached hydrogen (secondary N) is 2. The maximum absolute atomic E-state index is 11.1. The van der Waals surface area contributed by atoms with Crippen molar-refractivity contribution in [2.75, 3.05) is 23.4 Å². The summed E-state index contributed by atoms with van der Waals surface area (Å²) in [6.45, 7) is 0. The Balaban J connectivity index is 2.11. The van der Waals surface area contributed by atoms with Gasteiger partial charge in [-0.3, -0.25) is 4.72 Å². The van der Waals surface area contributed by atoms with E-state index in [1.807, 2.05) is 6.07 Å². The van der Waals surface area contributed by atoms with E-state index >= 15 is 0 Å². The molecule has 8 heteroatoms. The van der Waals surface area contributed by atoms with Gasteiger partial charge in [-0.2, -0.15) is 0 Å². The quantitative estimate of drug-likeness (QED) is 0.882. The summed E-state index contributed by atoms with van der Waals surface area (Å²) < 4.78 is 29.5. The second kappa shape index (κ2) is 6.19. The normalized spacial score (nSPS) is 11.0. The molecule has 0 amide bonds.